The predicted molar refractivity (Wildman–Crippen MR) is 107 cm³/mol. The summed E-state index contributed by atoms with van der Waals surface area (Å²) in [7, 11) is 1.74. The molecule has 0 spiro atoms. The van der Waals surface area contributed by atoms with Crippen LogP contribution in [0.25, 0.3) is 0 Å². The van der Waals surface area contributed by atoms with Crippen LogP contribution in [0.4, 0.5) is 5.69 Å². The fourth-order valence-corrected chi connectivity index (χ4v) is 2.66. The highest BCUT2D eigenvalue weighted by atomic mass is 127. The van der Waals surface area contributed by atoms with Crippen LogP contribution < -0.4 is 10.6 Å². The summed E-state index contributed by atoms with van der Waals surface area (Å²) in [5.41, 5.74) is 1.09. The van der Waals surface area contributed by atoms with Crippen molar-refractivity contribution in [2.24, 2.45) is 4.99 Å². The molecular weight excluding hydrogens is 421 g/mol. The highest BCUT2D eigenvalue weighted by Crippen LogP contribution is 2.11. The van der Waals surface area contributed by atoms with Gasteiger partial charge in [-0.25, -0.2) is 0 Å². The zero-order valence-corrected chi connectivity index (χ0v) is 16.4. The van der Waals surface area contributed by atoms with E-state index in [1.165, 1.54) is 44.5 Å². The van der Waals surface area contributed by atoms with Crippen LogP contribution in [0.5, 0.6) is 0 Å². The van der Waals surface area contributed by atoms with Crippen molar-refractivity contribution in [2.75, 3.05) is 33.2 Å². The fourth-order valence-electron chi connectivity index (χ4n) is 2.66. The standard InChI is InChI=1S/C16H25N5O2.HI/c1-17-16(18-9-12-20-10-3-2-4-11-20)19-13-14-5-7-15(8-6-14)21(22)23;/h5-8H,2-4,9-13H2,1H3,(H2,17,18,19);1H. The average molecular weight is 447 g/mol. The summed E-state index contributed by atoms with van der Waals surface area (Å²) >= 11 is 0. The van der Waals surface area contributed by atoms with Gasteiger partial charge in [0.15, 0.2) is 5.96 Å². The lowest BCUT2D eigenvalue weighted by molar-refractivity contribution is -0.384. The lowest BCUT2D eigenvalue weighted by Crippen LogP contribution is -2.42. The van der Waals surface area contributed by atoms with Crippen molar-refractivity contribution < 1.29 is 4.92 Å². The monoisotopic (exact) mass is 447 g/mol. The van der Waals surface area contributed by atoms with Gasteiger partial charge >= 0.3 is 0 Å². The minimum Gasteiger partial charge on any atom is -0.355 e. The largest absolute Gasteiger partial charge is 0.355 e. The highest BCUT2D eigenvalue weighted by Gasteiger charge is 2.09. The van der Waals surface area contributed by atoms with Crippen LogP contribution >= 0.6 is 24.0 Å². The van der Waals surface area contributed by atoms with Crippen LogP contribution in [0.15, 0.2) is 29.3 Å². The second-order valence-corrected chi connectivity index (χ2v) is 5.68. The topological polar surface area (TPSA) is 82.8 Å². The Hall–Kier alpha value is -1.42. The van der Waals surface area contributed by atoms with Crippen molar-refractivity contribution in [3.8, 4) is 0 Å². The number of nitrogens with zero attached hydrogens (tertiary/aromatic N) is 3. The maximum absolute atomic E-state index is 10.6. The molecule has 1 aliphatic rings. The molecule has 1 heterocycles. The fraction of sp³-hybridized carbons (Fsp3) is 0.562. The Morgan fingerprint density at radius 1 is 1.21 bits per heavy atom. The molecule has 1 aromatic carbocycles. The Labute approximate surface area is 160 Å². The number of hydrogen-bond donors (Lipinski definition) is 2. The van der Waals surface area contributed by atoms with Crippen LogP contribution in [0.2, 0.25) is 0 Å². The summed E-state index contributed by atoms with van der Waals surface area (Å²) in [5, 5.41) is 17.2. The molecule has 0 atom stereocenters. The predicted octanol–water partition coefficient (Wildman–Crippen LogP) is 2.36. The normalized spacial score (nSPS) is 15.5. The van der Waals surface area contributed by atoms with E-state index in [-0.39, 0.29) is 29.7 Å². The van der Waals surface area contributed by atoms with Crippen LogP contribution in [0.3, 0.4) is 0 Å². The van der Waals surface area contributed by atoms with Gasteiger partial charge in [-0.3, -0.25) is 15.1 Å². The van der Waals surface area contributed by atoms with E-state index in [2.05, 4.69) is 20.5 Å². The number of halogens is 1. The molecule has 8 heteroatoms. The third-order valence-electron chi connectivity index (χ3n) is 4.00. The van der Waals surface area contributed by atoms with Gasteiger partial charge in [0.05, 0.1) is 4.92 Å². The van der Waals surface area contributed by atoms with Crippen LogP contribution in [-0.4, -0.2) is 49.0 Å². The number of guanidine groups is 1. The van der Waals surface area contributed by atoms with Gasteiger partial charge in [-0.1, -0.05) is 18.6 Å². The van der Waals surface area contributed by atoms with Gasteiger partial charge in [-0.05, 0) is 31.5 Å². The van der Waals surface area contributed by atoms with Crippen molar-refractivity contribution in [2.45, 2.75) is 25.8 Å². The molecule has 1 aromatic rings. The summed E-state index contributed by atoms with van der Waals surface area (Å²) in [6, 6.07) is 6.55. The van der Waals surface area contributed by atoms with E-state index in [0.29, 0.717) is 6.54 Å². The number of rotatable bonds is 6. The number of aliphatic imine (C=N–C) groups is 1. The van der Waals surface area contributed by atoms with Gasteiger partial charge in [-0.2, -0.15) is 0 Å². The van der Waals surface area contributed by atoms with E-state index in [9.17, 15) is 10.1 Å². The zero-order valence-electron chi connectivity index (χ0n) is 14.0. The molecule has 2 rings (SSSR count). The van der Waals surface area contributed by atoms with E-state index in [1.54, 1.807) is 19.2 Å². The summed E-state index contributed by atoms with van der Waals surface area (Å²) in [4.78, 5) is 16.9. The maximum Gasteiger partial charge on any atom is 0.269 e. The molecule has 0 unspecified atom stereocenters. The van der Waals surface area contributed by atoms with E-state index < -0.39 is 4.92 Å². The molecule has 1 fully saturated rings. The SMILES string of the molecule is CN=C(NCCN1CCCCC1)NCc1ccc([N+](=O)[O-])cc1.I. The van der Waals surface area contributed by atoms with E-state index >= 15 is 0 Å². The zero-order chi connectivity index (χ0) is 16.5. The van der Waals surface area contributed by atoms with Crippen molar-refractivity contribution >= 4 is 35.6 Å². The maximum atomic E-state index is 10.6. The Balaban J connectivity index is 0.00000288. The second kappa shape index (κ2) is 11.2. The number of nitro benzene ring substituents is 1. The Kier molecular flexibility index (Phi) is 9.62. The van der Waals surface area contributed by atoms with Crippen LogP contribution in [-0.2, 0) is 6.54 Å². The molecule has 134 valence electrons. The minimum atomic E-state index is -0.391. The van der Waals surface area contributed by atoms with Gasteiger partial charge in [0.2, 0.25) is 0 Å². The lowest BCUT2D eigenvalue weighted by Gasteiger charge is -2.26. The van der Waals surface area contributed by atoms with E-state index in [0.717, 1.165) is 24.6 Å². The second-order valence-electron chi connectivity index (χ2n) is 5.68. The van der Waals surface area contributed by atoms with E-state index in [4.69, 9.17) is 0 Å². The van der Waals surface area contributed by atoms with Crippen molar-refractivity contribution in [3.05, 3.63) is 39.9 Å². The van der Waals surface area contributed by atoms with Gasteiger partial charge < -0.3 is 15.5 Å². The van der Waals surface area contributed by atoms with Crippen molar-refractivity contribution in [3.63, 3.8) is 0 Å². The first-order valence-corrected chi connectivity index (χ1v) is 8.09. The van der Waals surface area contributed by atoms with Crippen LogP contribution in [0.1, 0.15) is 24.8 Å². The Morgan fingerprint density at radius 2 is 1.88 bits per heavy atom. The van der Waals surface area contributed by atoms with Gasteiger partial charge in [-0.15, -0.1) is 24.0 Å². The van der Waals surface area contributed by atoms with Crippen LogP contribution in [0, 0.1) is 10.1 Å². The van der Waals surface area contributed by atoms with Gasteiger partial charge in [0.1, 0.15) is 0 Å². The van der Waals surface area contributed by atoms with Crippen molar-refractivity contribution in [1.29, 1.82) is 0 Å². The smallest absolute Gasteiger partial charge is 0.269 e. The number of piperidine rings is 1. The Bertz CT molecular complexity index is 530. The average Bonchev–Trinajstić information content (AvgIpc) is 2.59. The molecule has 1 saturated heterocycles. The summed E-state index contributed by atoms with van der Waals surface area (Å²) in [5.74, 6) is 0.750. The quantitative estimate of drug-likeness (QED) is 0.230. The molecule has 0 aromatic heterocycles. The lowest BCUT2D eigenvalue weighted by atomic mass is 10.1. The third-order valence-corrected chi connectivity index (χ3v) is 4.00. The highest BCUT2D eigenvalue weighted by molar-refractivity contribution is 14.0. The number of likely N-dealkylation sites (tertiary alicyclic amines) is 1. The number of benzene rings is 1. The molecule has 0 amide bonds. The van der Waals surface area contributed by atoms with Gasteiger partial charge in [0, 0.05) is 38.8 Å². The molecule has 7 nitrogen and oxygen atoms in total. The van der Waals surface area contributed by atoms with Gasteiger partial charge in [0.25, 0.3) is 5.69 Å². The number of nitro groups is 1. The molecule has 24 heavy (non-hydrogen) atoms. The molecule has 0 saturated carbocycles. The van der Waals surface area contributed by atoms with Crippen molar-refractivity contribution in [1.82, 2.24) is 15.5 Å². The molecule has 0 radical (unpaired) electrons. The van der Waals surface area contributed by atoms with E-state index in [1.807, 2.05) is 0 Å². The first-order valence-electron chi connectivity index (χ1n) is 8.09. The number of hydrogen-bond acceptors (Lipinski definition) is 4. The molecule has 2 N–H and O–H groups in total. The third kappa shape index (κ3) is 7.00. The molecule has 0 aliphatic carbocycles. The summed E-state index contributed by atoms with van der Waals surface area (Å²) in [6.07, 6.45) is 3.95. The molecule has 0 bridgehead atoms. The first-order chi connectivity index (χ1) is 11.2. The Morgan fingerprint density at radius 3 is 2.46 bits per heavy atom. The number of nitrogens with one attached hydrogen (secondary N) is 2. The minimum absolute atomic E-state index is 0. The molecule has 1 aliphatic heterocycles. The molecular formula is C16H26IN5O2. The first kappa shape index (κ1) is 20.6. The number of non-ortho nitro benzene ring substituents is 1. The summed E-state index contributed by atoms with van der Waals surface area (Å²) < 4.78 is 0. The summed E-state index contributed by atoms with van der Waals surface area (Å²) in [6.45, 7) is 4.85.